The maximum Gasteiger partial charge on any atom is 0.224 e. The first-order valence-corrected chi connectivity index (χ1v) is 7.54. The molecule has 0 aliphatic carbocycles. The predicted octanol–water partition coefficient (Wildman–Crippen LogP) is 2.02. The van der Waals surface area contributed by atoms with Gasteiger partial charge in [0.05, 0.1) is 5.75 Å². The zero-order valence-electron chi connectivity index (χ0n) is 10.4. The summed E-state index contributed by atoms with van der Waals surface area (Å²) in [6.45, 7) is 1.63. The number of allylic oxidation sites excluding steroid dienone is 1. The van der Waals surface area contributed by atoms with Crippen molar-refractivity contribution in [2.75, 3.05) is 11.1 Å². The number of amides is 1. The number of benzene rings is 1. The summed E-state index contributed by atoms with van der Waals surface area (Å²) in [5, 5.41) is 3.69. The lowest BCUT2D eigenvalue weighted by atomic mass is 10.1. The summed E-state index contributed by atoms with van der Waals surface area (Å²) in [5.41, 5.74) is 0.876. The van der Waals surface area contributed by atoms with Crippen LogP contribution in [-0.4, -0.2) is 20.1 Å². The summed E-state index contributed by atoms with van der Waals surface area (Å²) in [5.74, 6) is -1.06. The fraction of sp³-hybridized carbons (Fsp3) is 0.308. The number of hydrogen-bond acceptors (Lipinski definition) is 3. The number of carbonyl (C=O) groups excluding carboxylic acids is 1. The van der Waals surface area contributed by atoms with E-state index < -0.39 is 9.84 Å². The summed E-state index contributed by atoms with van der Waals surface area (Å²) in [7, 11) is -3.15. The lowest BCUT2D eigenvalue weighted by molar-refractivity contribution is -0.116. The van der Waals surface area contributed by atoms with Crippen LogP contribution in [0.15, 0.2) is 29.7 Å². The van der Waals surface area contributed by atoms with Crippen LogP contribution in [0.3, 0.4) is 0 Å². The summed E-state index contributed by atoms with van der Waals surface area (Å²) in [6.07, 6.45) is 1.59. The second-order valence-corrected chi connectivity index (χ2v) is 6.57. The van der Waals surface area contributed by atoms with Crippen molar-refractivity contribution in [3.8, 4) is 0 Å². The monoisotopic (exact) mass is 283 g/mol. The molecule has 19 heavy (non-hydrogen) atoms. The zero-order valence-corrected chi connectivity index (χ0v) is 11.2. The van der Waals surface area contributed by atoms with E-state index in [4.69, 9.17) is 0 Å². The zero-order chi connectivity index (χ0) is 14.0. The van der Waals surface area contributed by atoms with E-state index in [0.717, 1.165) is 5.41 Å². The maximum absolute atomic E-state index is 13.3. The average Bonchev–Trinajstić information content (AvgIpc) is 2.63. The van der Waals surface area contributed by atoms with Gasteiger partial charge >= 0.3 is 0 Å². The third-order valence-corrected chi connectivity index (χ3v) is 4.37. The van der Waals surface area contributed by atoms with Crippen LogP contribution in [-0.2, 0) is 14.6 Å². The van der Waals surface area contributed by atoms with Crippen molar-refractivity contribution in [1.82, 2.24) is 0 Å². The number of aryl methyl sites for hydroxylation is 1. The minimum absolute atomic E-state index is 0.0390. The number of carbonyl (C=O) groups is 1. The van der Waals surface area contributed by atoms with Gasteiger partial charge in [-0.3, -0.25) is 4.79 Å². The molecule has 0 fully saturated rings. The van der Waals surface area contributed by atoms with Crippen molar-refractivity contribution in [2.24, 2.45) is 5.92 Å². The first kappa shape index (κ1) is 13.7. The van der Waals surface area contributed by atoms with Gasteiger partial charge < -0.3 is 5.32 Å². The lowest BCUT2D eigenvalue weighted by Gasteiger charge is -2.08. The van der Waals surface area contributed by atoms with Gasteiger partial charge in [-0.05, 0) is 24.6 Å². The molecule has 0 saturated carbocycles. The molecule has 6 heteroatoms. The first-order valence-electron chi connectivity index (χ1n) is 5.83. The summed E-state index contributed by atoms with van der Waals surface area (Å²) in [4.78, 5) is 11.7. The molecule has 1 aromatic carbocycles. The van der Waals surface area contributed by atoms with Crippen LogP contribution in [0.5, 0.6) is 0 Å². The number of hydrogen-bond donors (Lipinski definition) is 1. The number of rotatable bonds is 3. The van der Waals surface area contributed by atoms with E-state index in [2.05, 4.69) is 5.32 Å². The number of anilines is 1. The highest BCUT2D eigenvalue weighted by molar-refractivity contribution is 7.94. The molecule has 0 spiro atoms. The quantitative estimate of drug-likeness (QED) is 0.923. The van der Waals surface area contributed by atoms with Crippen LogP contribution in [0.1, 0.15) is 12.0 Å². The Hall–Kier alpha value is -1.69. The van der Waals surface area contributed by atoms with Crippen LogP contribution in [0.4, 0.5) is 10.1 Å². The lowest BCUT2D eigenvalue weighted by Crippen LogP contribution is -2.17. The Morgan fingerprint density at radius 3 is 2.79 bits per heavy atom. The Balaban J connectivity index is 1.95. The average molecular weight is 283 g/mol. The van der Waals surface area contributed by atoms with Crippen molar-refractivity contribution in [1.29, 1.82) is 0 Å². The van der Waals surface area contributed by atoms with Crippen molar-refractivity contribution >= 4 is 21.4 Å². The minimum atomic E-state index is -3.15. The highest BCUT2D eigenvalue weighted by atomic mass is 32.2. The molecule has 0 saturated heterocycles. The summed E-state index contributed by atoms with van der Waals surface area (Å²) in [6, 6.07) is 4.43. The van der Waals surface area contributed by atoms with Crippen LogP contribution in [0, 0.1) is 18.7 Å². The highest BCUT2D eigenvalue weighted by Crippen LogP contribution is 2.19. The van der Waals surface area contributed by atoms with E-state index in [9.17, 15) is 17.6 Å². The molecule has 1 atom stereocenters. The van der Waals surface area contributed by atoms with Crippen molar-refractivity contribution in [3.63, 3.8) is 0 Å². The van der Waals surface area contributed by atoms with Gasteiger partial charge in [-0.1, -0.05) is 12.1 Å². The van der Waals surface area contributed by atoms with Gasteiger partial charge in [0, 0.05) is 23.4 Å². The normalized spacial score (nSPS) is 20.4. The van der Waals surface area contributed by atoms with Gasteiger partial charge in [-0.15, -0.1) is 0 Å². The third kappa shape index (κ3) is 3.64. The Bertz CT molecular complexity index is 637. The van der Waals surface area contributed by atoms with Crippen LogP contribution in [0.2, 0.25) is 0 Å². The fourth-order valence-corrected chi connectivity index (χ4v) is 3.29. The molecular formula is C13H14FNO3S. The van der Waals surface area contributed by atoms with Crippen LogP contribution >= 0.6 is 0 Å². The minimum Gasteiger partial charge on any atom is -0.326 e. The summed E-state index contributed by atoms with van der Waals surface area (Å²) < 4.78 is 35.7. The topological polar surface area (TPSA) is 63.2 Å². The fourth-order valence-electron chi connectivity index (χ4n) is 1.89. The number of halogens is 1. The van der Waals surface area contributed by atoms with Crippen molar-refractivity contribution in [2.45, 2.75) is 13.3 Å². The van der Waals surface area contributed by atoms with E-state index in [-0.39, 0.29) is 29.8 Å². The Morgan fingerprint density at radius 1 is 1.47 bits per heavy atom. The van der Waals surface area contributed by atoms with Gasteiger partial charge in [-0.25, -0.2) is 12.8 Å². The molecule has 0 bridgehead atoms. The van der Waals surface area contributed by atoms with E-state index >= 15 is 0 Å². The van der Waals surface area contributed by atoms with Crippen LogP contribution < -0.4 is 5.32 Å². The molecular weight excluding hydrogens is 269 g/mol. The van der Waals surface area contributed by atoms with E-state index in [1.165, 1.54) is 12.1 Å². The molecule has 1 aromatic rings. The maximum atomic E-state index is 13.3. The molecule has 1 heterocycles. The largest absolute Gasteiger partial charge is 0.326 e. The molecule has 102 valence electrons. The molecule has 4 nitrogen and oxygen atoms in total. The molecule has 0 aromatic heterocycles. The number of sulfone groups is 1. The van der Waals surface area contributed by atoms with Gasteiger partial charge in [0.25, 0.3) is 0 Å². The number of nitrogens with one attached hydrogen (secondary N) is 1. The smallest absolute Gasteiger partial charge is 0.224 e. The highest BCUT2D eigenvalue weighted by Gasteiger charge is 2.23. The van der Waals surface area contributed by atoms with E-state index in [1.54, 1.807) is 19.1 Å². The Morgan fingerprint density at radius 2 is 2.21 bits per heavy atom. The SMILES string of the molecule is Cc1ccc(NC(=O)CC2C=CS(=O)(=O)C2)cc1F. The third-order valence-electron chi connectivity index (χ3n) is 2.91. The van der Waals surface area contributed by atoms with E-state index in [0.29, 0.717) is 11.3 Å². The van der Waals surface area contributed by atoms with Crippen molar-refractivity contribution in [3.05, 3.63) is 41.1 Å². The molecule has 1 N–H and O–H groups in total. The molecule has 0 radical (unpaired) electrons. The van der Waals surface area contributed by atoms with Gasteiger partial charge in [0.2, 0.25) is 5.91 Å². The second kappa shape index (κ2) is 5.13. The molecule has 2 rings (SSSR count). The second-order valence-electron chi connectivity index (χ2n) is 4.63. The van der Waals surface area contributed by atoms with E-state index in [1.807, 2.05) is 0 Å². The summed E-state index contributed by atoms with van der Waals surface area (Å²) >= 11 is 0. The van der Waals surface area contributed by atoms with Gasteiger partial charge in [-0.2, -0.15) is 0 Å². The molecule has 1 amide bonds. The van der Waals surface area contributed by atoms with Gasteiger partial charge in [0.15, 0.2) is 9.84 Å². The predicted molar refractivity (Wildman–Crippen MR) is 70.8 cm³/mol. The Labute approximate surface area is 111 Å². The molecule has 1 aliphatic rings. The first-order chi connectivity index (χ1) is 8.85. The molecule has 1 aliphatic heterocycles. The molecule has 1 unspecified atom stereocenters. The van der Waals surface area contributed by atoms with Crippen molar-refractivity contribution < 1.29 is 17.6 Å². The van der Waals surface area contributed by atoms with Crippen LogP contribution in [0.25, 0.3) is 0 Å². The van der Waals surface area contributed by atoms with Gasteiger partial charge in [0.1, 0.15) is 5.82 Å². The standard InChI is InChI=1S/C13H14FNO3S/c1-9-2-3-11(7-12(9)14)15-13(16)6-10-4-5-19(17,18)8-10/h2-5,7,10H,6,8H2,1H3,(H,15,16). The Kier molecular flexibility index (Phi) is 3.71.